The van der Waals surface area contributed by atoms with Gasteiger partial charge in [-0.1, -0.05) is 0 Å². The van der Waals surface area contributed by atoms with E-state index in [4.69, 9.17) is 0 Å². The van der Waals surface area contributed by atoms with Gasteiger partial charge in [-0.25, -0.2) is 0 Å². The molecule has 4 bridgehead atoms. The molecule has 106 valence electrons. The zero-order valence-electron chi connectivity index (χ0n) is 12.0. The minimum atomic E-state index is 0.108. The lowest BCUT2D eigenvalue weighted by Crippen LogP contribution is -3.03. The van der Waals surface area contributed by atoms with Crippen molar-refractivity contribution in [2.24, 2.45) is 17.8 Å². The summed E-state index contributed by atoms with van der Waals surface area (Å²) in [6.45, 7) is 2.11. The first-order chi connectivity index (χ1) is 9.12. The second kappa shape index (κ2) is 4.21. The van der Waals surface area contributed by atoms with E-state index in [2.05, 4.69) is 17.6 Å². The second-order valence-corrected chi connectivity index (χ2v) is 8.02. The number of hydrogen-bond acceptors (Lipinski definition) is 1. The summed E-state index contributed by atoms with van der Waals surface area (Å²) >= 11 is 0. The highest BCUT2D eigenvalue weighted by Gasteiger charge is 2.54. The van der Waals surface area contributed by atoms with Gasteiger partial charge < -0.3 is 10.6 Å². The SMILES string of the molecule is C[C@@H]([NH2+]C12CC3CC(CC(C3)C1)C2)C(=O)NC1CC1. The third-order valence-corrected chi connectivity index (χ3v) is 6.03. The van der Waals surface area contributed by atoms with Crippen molar-refractivity contribution >= 4 is 5.91 Å². The lowest BCUT2D eigenvalue weighted by Gasteiger charge is -2.55. The van der Waals surface area contributed by atoms with E-state index in [9.17, 15) is 4.79 Å². The van der Waals surface area contributed by atoms with E-state index in [0.29, 0.717) is 11.6 Å². The van der Waals surface area contributed by atoms with Gasteiger partial charge in [0.05, 0.1) is 5.54 Å². The lowest BCUT2D eigenvalue weighted by molar-refractivity contribution is -0.754. The van der Waals surface area contributed by atoms with E-state index in [1.54, 1.807) is 0 Å². The van der Waals surface area contributed by atoms with Gasteiger partial charge in [0, 0.05) is 25.3 Å². The molecule has 0 aromatic carbocycles. The van der Waals surface area contributed by atoms with Crippen LogP contribution in [0.4, 0.5) is 0 Å². The molecule has 0 unspecified atom stereocenters. The van der Waals surface area contributed by atoms with E-state index in [1.165, 1.54) is 51.4 Å². The van der Waals surface area contributed by atoms with Crippen molar-refractivity contribution in [1.82, 2.24) is 5.32 Å². The van der Waals surface area contributed by atoms with Crippen LogP contribution in [0.2, 0.25) is 0 Å². The molecule has 0 spiro atoms. The molecule has 5 rings (SSSR count). The van der Waals surface area contributed by atoms with Gasteiger partial charge in [0.15, 0.2) is 6.04 Å². The number of nitrogens with one attached hydrogen (secondary N) is 1. The smallest absolute Gasteiger partial charge is 0.278 e. The van der Waals surface area contributed by atoms with Crippen molar-refractivity contribution in [2.45, 2.75) is 75.9 Å². The van der Waals surface area contributed by atoms with Crippen LogP contribution in [0.1, 0.15) is 58.3 Å². The third-order valence-electron chi connectivity index (χ3n) is 6.03. The number of carbonyl (C=O) groups excluding carboxylic acids is 1. The summed E-state index contributed by atoms with van der Waals surface area (Å²) in [5, 5.41) is 5.62. The van der Waals surface area contributed by atoms with Crippen LogP contribution in [0.3, 0.4) is 0 Å². The van der Waals surface area contributed by atoms with Gasteiger partial charge in [0.1, 0.15) is 0 Å². The largest absolute Gasteiger partial charge is 0.348 e. The van der Waals surface area contributed by atoms with Crippen molar-refractivity contribution in [3.63, 3.8) is 0 Å². The van der Waals surface area contributed by atoms with E-state index in [0.717, 1.165) is 17.8 Å². The topological polar surface area (TPSA) is 45.7 Å². The van der Waals surface area contributed by atoms with Crippen LogP contribution in [0, 0.1) is 17.8 Å². The molecule has 0 radical (unpaired) electrons. The van der Waals surface area contributed by atoms with Crippen molar-refractivity contribution < 1.29 is 10.1 Å². The summed E-state index contributed by atoms with van der Waals surface area (Å²) in [7, 11) is 0. The van der Waals surface area contributed by atoms with Gasteiger partial charge in [0.2, 0.25) is 0 Å². The molecule has 0 aromatic heterocycles. The van der Waals surface area contributed by atoms with Crippen LogP contribution in [-0.4, -0.2) is 23.5 Å². The highest BCUT2D eigenvalue weighted by molar-refractivity contribution is 5.80. The van der Waals surface area contributed by atoms with Crippen LogP contribution in [-0.2, 0) is 4.79 Å². The van der Waals surface area contributed by atoms with Crippen molar-refractivity contribution in [1.29, 1.82) is 0 Å². The minimum Gasteiger partial charge on any atom is -0.348 e. The Kier molecular flexibility index (Phi) is 2.70. The molecule has 0 aromatic rings. The number of amides is 1. The molecule has 1 amide bonds. The molecule has 1 atom stereocenters. The molecule has 5 aliphatic carbocycles. The Morgan fingerprint density at radius 2 is 1.63 bits per heavy atom. The summed E-state index contributed by atoms with van der Waals surface area (Å²) in [5.41, 5.74) is 0.426. The minimum absolute atomic E-state index is 0.108. The molecule has 3 N–H and O–H groups in total. The predicted octanol–water partition coefficient (Wildman–Crippen LogP) is 1.19. The maximum atomic E-state index is 12.2. The first-order valence-electron chi connectivity index (χ1n) is 8.28. The van der Waals surface area contributed by atoms with Crippen molar-refractivity contribution in [3.8, 4) is 0 Å². The predicted molar refractivity (Wildman–Crippen MR) is 73.5 cm³/mol. The Hall–Kier alpha value is -0.570. The summed E-state index contributed by atoms with van der Waals surface area (Å²) in [6, 6.07) is 0.608. The van der Waals surface area contributed by atoms with Crippen molar-refractivity contribution in [2.75, 3.05) is 0 Å². The Morgan fingerprint density at radius 3 is 2.11 bits per heavy atom. The Balaban J connectivity index is 1.42. The molecule has 0 saturated heterocycles. The molecular formula is C16H27N2O+. The monoisotopic (exact) mass is 263 g/mol. The Morgan fingerprint density at radius 1 is 1.11 bits per heavy atom. The quantitative estimate of drug-likeness (QED) is 0.786. The zero-order valence-corrected chi connectivity index (χ0v) is 12.0. The van der Waals surface area contributed by atoms with Gasteiger partial charge in [0.25, 0.3) is 5.91 Å². The fourth-order valence-electron chi connectivity index (χ4n) is 5.55. The van der Waals surface area contributed by atoms with E-state index in [1.807, 2.05) is 0 Å². The van der Waals surface area contributed by atoms with Gasteiger partial charge in [-0.3, -0.25) is 4.79 Å². The highest BCUT2D eigenvalue weighted by Crippen LogP contribution is 2.54. The molecule has 0 aliphatic heterocycles. The summed E-state index contributed by atoms with van der Waals surface area (Å²) < 4.78 is 0. The summed E-state index contributed by atoms with van der Waals surface area (Å²) in [5.74, 6) is 3.20. The average Bonchev–Trinajstić information content (AvgIpc) is 3.10. The number of rotatable bonds is 4. The van der Waals surface area contributed by atoms with Crippen molar-refractivity contribution in [3.05, 3.63) is 0 Å². The molecule has 3 heteroatoms. The average molecular weight is 263 g/mol. The van der Waals surface area contributed by atoms with E-state index in [-0.39, 0.29) is 11.9 Å². The van der Waals surface area contributed by atoms with Gasteiger partial charge in [-0.05, 0) is 56.8 Å². The number of quaternary nitrogens is 1. The van der Waals surface area contributed by atoms with E-state index < -0.39 is 0 Å². The summed E-state index contributed by atoms with van der Waals surface area (Å²) in [6.07, 6.45) is 11.0. The Labute approximate surface area is 115 Å². The standard InChI is InChI=1S/C16H26N2O/c1-10(15(19)17-14-2-3-14)18-16-7-11-4-12(8-16)6-13(5-11)9-16/h10-14,18H,2-9H2,1H3,(H,17,19)/p+1/t10-,11?,12?,13?,16?/m1/s1. The van der Waals surface area contributed by atoms with Crippen LogP contribution < -0.4 is 10.6 Å². The normalized spacial score (nSPS) is 45.2. The summed E-state index contributed by atoms with van der Waals surface area (Å²) in [4.78, 5) is 12.2. The van der Waals surface area contributed by atoms with Gasteiger partial charge in [-0.15, -0.1) is 0 Å². The zero-order chi connectivity index (χ0) is 13.0. The molecule has 19 heavy (non-hydrogen) atoms. The maximum Gasteiger partial charge on any atom is 0.278 e. The molecule has 0 heterocycles. The van der Waals surface area contributed by atoms with Gasteiger partial charge in [-0.2, -0.15) is 0 Å². The molecular weight excluding hydrogens is 236 g/mol. The van der Waals surface area contributed by atoms with Crippen LogP contribution >= 0.6 is 0 Å². The highest BCUT2D eigenvalue weighted by atomic mass is 16.2. The molecule has 5 saturated carbocycles. The molecule has 5 aliphatic rings. The fraction of sp³-hybridized carbons (Fsp3) is 0.938. The first-order valence-corrected chi connectivity index (χ1v) is 8.28. The first kappa shape index (κ1) is 12.2. The lowest BCUT2D eigenvalue weighted by atomic mass is 9.53. The number of hydrogen-bond donors (Lipinski definition) is 2. The number of nitrogens with two attached hydrogens (primary N) is 1. The Bertz CT molecular complexity index is 353. The maximum absolute atomic E-state index is 12.2. The number of carbonyl (C=O) groups is 1. The third kappa shape index (κ3) is 2.31. The molecule has 3 nitrogen and oxygen atoms in total. The van der Waals surface area contributed by atoms with Crippen LogP contribution in [0.15, 0.2) is 0 Å². The van der Waals surface area contributed by atoms with Crippen LogP contribution in [0.5, 0.6) is 0 Å². The molecule has 5 fully saturated rings. The fourth-order valence-corrected chi connectivity index (χ4v) is 5.55. The van der Waals surface area contributed by atoms with Gasteiger partial charge >= 0.3 is 0 Å². The second-order valence-electron chi connectivity index (χ2n) is 8.02. The van der Waals surface area contributed by atoms with Crippen LogP contribution in [0.25, 0.3) is 0 Å². The van der Waals surface area contributed by atoms with E-state index >= 15 is 0 Å².